The maximum Gasteiger partial charge on any atom is 0.242 e. The fraction of sp³-hybridized carbons (Fsp3) is 0.750. The van der Waals surface area contributed by atoms with Crippen molar-refractivity contribution in [2.45, 2.75) is 25.8 Å². The molecule has 0 aliphatic carbocycles. The van der Waals surface area contributed by atoms with E-state index in [1.807, 2.05) is 18.7 Å². The van der Waals surface area contributed by atoms with Gasteiger partial charge in [0.05, 0.1) is 0 Å². The number of thioether (sulfide) groups is 1. The summed E-state index contributed by atoms with van der Waals surface area (Å²) < 4.78 is 0. The summed E-state index contributed by atoms with van der Waals surface area (Å²) >= 11 is 2.03. The third kappa shape index (κ3) is 2.37. The van der Waals surface area contributed by atoms with Gasteiger partial charge in [-0.1, -0.05) is 0 Å². The second-order valence-electron chi connectivity index (χ2n) is 3.28. The predicted molar refractivity (Wildman–Crippen MR) is 55.1 cm³/mol. The highest BCUT2D eigenvalue weighted by molar-refractivity contribution is 7.99. The van der Waals surface area contributed by atoms with Crippen molar-refractivity contribution < 1.29 is 0 Å². The van der Waals surface area contributed by atoms with Gasteiger partial charge in [-0.15, -0.1) is 5.10 Å². The second-order valence-corrected chi connectivity index (χ2v) is 4.50. The fourth-order valence-electron chi connectivity index (χ4n) is 1.43. The smallest absolute Gasteiger partial charge is 0.242 e. The Morgan fingerprint density at radius 2 is 2.23 bits per heavy atom. The molecule has 0 saturated carbocycles. The van der Waals surface area contributed by atoms with Crippen molar-refractivity contribution in [3.8, 4) is 0 Å². The van der Waals surface area contributed by atoms with Crippen LogP contribution in [0.3, 0.4) is 0 Å². The summed E-state index contributed by atoms with van der Waals surface area (Å²) in [6.45, 7) is 1.91. The average molecular weight is 198 g/mol. The molecule has 1 aromatic rings. The number of hydrogen-bond donors (Lipinski definition) is 2. The van der Waals surface area contributed by atoms with Gasteiger partial charge in [0.25, 0.3) is 0 Å². The molecular formula is C8H14N4S. The van der Waals surface area contributed by atoms with Crippen LogP contribution in [-0.4, -0.2) is 32.7 Å². The molecule has 0 unspecified atom stereocenters. The third-order valence-corrected chi connectivity index (χ3v) is 3.20. The van der Waals surface area contributed by atoms with Gasteiger partial charge in [0, 0.05) is 6.04 Å². The molecule has 0 bridgehead atoms. The van der Waals surface area contributed by atoms with Crippen molar-refractivity contribution in [2.24, 2.45) is 0 Å². The Hall–Kier alpha value is -0.710. The lowest BCUT2D eigenvalue weighted by molar-refractivity contribution is 0.660. The van der Waals surface area contributed by atoms with Gasteiger partial charge >= 0.3 is 0 Å². The number of nitrogens with zero attached hydrogens (tertiary/aromatic N) is 2. The minimum Gasteiger partial charge on any atom is -0.350 e. The van der Waals surface area contributed by atoms with Crippen LogP contribution in [0.15, 0.2) is 0 Å². The number of aromatic nitrogens is 3. The van der Waals surface area contributed by atoms with Gasteiger partial charge in [0.2, 0.25) is 5.95 Å². The molecule has 1 aromatic heterocycles. The molecular weight excluding hydrogens is 184 g/mol. The first kappa shape index (κ1) is 8.87. The number of H-pyrrole nitrogens is 1. The van der Waals surface area contributed by atoms with E-state index in [-0.39, 0.29) is 0 Å². The fourth-order valence-corrected chi connectivity index (χ4v) is 2.54. The molecule has 0 spiro atoms. The average Bonchev–Trinajstić information content (AvgIpc) is 2.53. The maximum absolute atomic E-state index is 4.22. The molecule has 0 aromatic carbocycles. The Labute approximate surface area is 81.9 Å². The Morgan fingerprint density at radius 3 is 2.85 bits per heavy atom. The van der Waals surface area contributed by atoms with Crippen molar-refractivity contribution in [3.63, 3.8) is 0 Å². The van der Waals surface area contributed by atoms with Gasteiger partial charge in [0.15, 0.2) is 0 Å². The largest absolute Gasteiger partial charge is 0.350 e. The zero-order chi connectivity index (χ0) is 9.10. The minimum absolute atomic E-state index is 0.566. The van der Waals surface area contributed by atoms with E-state index in [4.69, 9.17) is 0 Å². The van der Waals surface area contributed by atoms with Gasteiger partial charge in [-0.2, -0.15) is 16.7 Å². The molecule has 72 valence electrons. The van der Waals surface area contributed by atoms with E-state index in [1.54, 1.807) is 0 Å². The highest BCUT2D eigenvalue weighted by Gasteiger charge is 2.14. The van der Waals surface area contributed by atoms with Crippen molar-refractivity contribution in [1.82, 2.24) is 15.2 Å². The molecule has 5 heteroatoms. The Balaban J connectivity index is 1.89. The lowest BCUT2D eigenvalue weighted by Gasteiger charge is -2.21. The van der Waals surface area contributed by atoms with Crippen LogP contribution < -0.4 is 5.32 Å². The minimum atomic E-state index is 0.566. The molecule has 4 nitrogen and oxygen atoms in total. The van der Waals surface area contributed by atoms with Crippen molar-refractivity contribution in [3.05, 3.63) is 5.82 Å². The maximum atomic E-state index is 4.22. The van der Waals surface area contributed by atoms with Gasteiger partial charge < -0.3 is 5.32 Å². The normalized spacial score (nSPS) is 18.8. The number of anilines is 1. The van der Waals surface area contributed by atoms with E-state index in [9.17, 15) is 0 Å². The zero-order valence-electron chi connectivity index (χ0n) is 7.71. The predicted octanol–water partition coefficient (Wildman–Crippen LogP) is 1.42. The van der Waals surface area contributed by atoms with E-state index in [1.165, 1.54) is 24.3 Å². The summed E-state index contributed by atoms with van der Waals surface area (Å²) in [5.74, 6) is 4.12. The van der Waals surface area contributed by atoms with Crippen molar-refractivity contribution in [2.75, 3.05) is 16.8 Å². The summed E-state index contributed by atoms with van der Waals surface area (Å²) in [5, 5.41) is 10.2. The van der Waals surface area contributed by atoms with E-state index in [2.05, 4.69) is 20.5 Å². The van der Waals surface area contributed by atoms with E-state index in [0.29, 0.717) is 6.04 Å². The molecule has 1 aliphatic rings. The second kappa shape index (κ2) is 4.00. The van der Waals surface area contributed by atoms with E-state index >= 15 is 0 Å². The van der Waals surface area contributed by atoms with Crippen LogP contribution in [0.5, 0.6) is 0 Å². The van der Waals surface area contributed by atoms with Crippen LogP contribution in [-0.2, 0) is 0 Å². The van der Waals surface area contributed by atoms with E-state index < -0.39 is 0 Å². The molecule has 1 fully saturated rings. The highest BCUT2D eigenvalue weighted by atomic mass is 32.2. The first-order valence-electron chi connectivity index (χ1n) is 4.58. The number of hydrogen-bond acceptors (Lipinski definition) is 4. The third-order valence-electron chi connectivity index (χ3n) is 2.15. The summed E-state index contributed by atoms with van der Waals surface area (Å²) in [7, 11) is 0. The highest BCUT2D eigenvalue weighted by Crippen LogP contribution is 2.19. The van der Waals surface area contributed by atoms with Gasteiger partial charge in [-0.05, 0) is 31.3 Å². The zero-order valence-corrected chi connectivity index (χ0v) is 8.52. The number of nitrogens with one attached hydrogen (secondary N) is 2. The first-order valence-corrected chi connectivity index (χ1v) is 5.73. The lowest BCUT2D eigenvalue weighted by Crippen LogP contribution is -2.25. The molecule has 0 radical (unpaired) electrons. The molecule has 0 amide bonds. The monoisotopic (exact) mass is 198 g/mol. The summed E-state index contributed by atoms with van der Waals surface area (Å²) in [4.78, 5) is 4.22. The molecule has 13 heavy (non-hydrogen) atoms. The van der Waals surface area contributed by atoms with Crippen LogP contribution in [0.4, 0.5) is 5.95 Å². The van der Waals surface area contributed by atoms with Crippen LogP contribution in [0, 0.1) is 6.92 Å². The molecule has 0 atom stereocenters. The molecule has 2 rings (SSSR count). The van der Waals surface area contributed by atoms with Gasteiger partial charge in [0.1, 0.15) is 5.82 Å². The quantitative estimate of drug-likeness (QED) is 0.754. The SMILES string of the molecule is Cc1nc(NC2CCSCC2)n[nH]1. The van der Waals surface area contributed by atoms with E-state index in [0.717, 1.165) is 11.8 Å². The summed E-state index contributed by atoms with van der Waals surface area (Å²) in [6, 6.07) is 0.566. The van der Waals surface area contributed by atoms with Crippen LogP contribution in [0.1, 0.15) is 18.7 Å². The Morgan fingerprint density at radius 1 is 1.46 bits per heavy atom. The molecule has 2 heterocycles. The molecule has 1 aliphatic heterocycles. The number of rotatable bonds is 2. The van der Waals surface area contributed by atoms with Crippen LogP contribution in [0.2, 0.25) is 0 Å². The first-order chi connectivity index (χ1) is 6.34. The Kier molecular flexibility index (Phi) is 2.73. The standard InChI is InChI=1S/C8H14N4S/c1-6-9-8(12-11-6)10-7-2-4-13-5-3-7/h7H,2-5H2,1H3,(H2,9,10,11,12). The summed E-state index contributed by atoms with van der Waals surface area (Å²) in [5.41, 5.74) is 0. The van der Waals surface area contributed by atoms with Crippen molar-refractivity contribution in [1.29, 1.82) is 0 Å². The molecule has 2 N–H and O–H groups in total. The van der Waals surface area contributed by atoms with Gasteiger partial charge in [-0.3, -0.25) is 5.10 Å². The topological polar surface area (TPSA) is 53.6 Å². The summed E-state index contributed by atoms with van der Waals surface area (Å²) in [6.07, 6.45) is 2.44. The number of aromatic amines is 1. The van der Waals surface area contributed by atoms with Gasteiger partial charge in [-0.25, -0.2) is 0 Å². The van der Waals surface area contributed by atoms with Crippen LogP contribution >= 0.6 is 11.8 Å². The van der Waals surface area contributed by atoms with Crippen LogP contribution in [0.25, 0.3) is 0 Å². The van der Waals surface area contributed by atoms with Crippen molar-refractivity contribution >= 4 is 17.7 Å². The Bertz CT molecular complexity index is 267. The molecule has 1 saturated heterocycles. The number of aryl methyl sites for hydroxylation is 1. The lowest BCUT2D eigenvalue weighted by atomic mass is 10.2.